The Balaban J connectivity index is 2.00. The molecule has 13 heteroatoms. The molecule has 0 spiro atoms. The van der Waals surface area contributed by atoms with Gasteiger partial charge >= 0.3 is 7.82 Å². The Bertz CT molecular complexity index is 783. The number of nitrogens with two attached hydrogens (primary N) is 1. The zero-order valence-corrected chi connectivity index (χ0v) is 14.5. The predicted molar refractivity (Wildman–Crippen MR) is 86.3 cm³/mol. The number of amides is 1. The predicted octanol–water partition coefficient (Wildman–Crippen LogP) is -0.697. The topological polar surface area (TPSA) is 164 Å². The molecule has 2 atom stereocenters. The zero-order valence-electron chi connectivity index (χ0n) is 13.7. The molecule has 1 unspecified atom stereocenters. The van der Waals surface area contributed by atoms with Crippen molar-refractivity contribution in [1.82, 2.24) is 24.8 Å². The molecule has 2 heterocycles. The van der Waals surface area contributed by atoms with Gasteiger partial charge in [0.05, 0.1) is 25.6 Å². The summed E-state index contributed by atoms with van der Waals surface area (Å²) in [6, 6.07) is -0.650. The number of hydrogen-bond acceptors (Lipinski definition) is 9. The van der Waals surface area contributed by atoms with Crippen molar-refractivity contribution >= 4 is 30.7 Å². The maximum atomic E-state index is 12.2. The van der Waals surface area contributed by atoms with E-state index in [0.29, 0.717) is 11.2 Å². The molecular weight excluding hydrogens is 355 g/mol. The molecule has 0 saturated carbocycles. The normalized spacial score (nSPS) is 15.0. The van der Waals surface area contributed by atoms with Gasteiger partial charge in [-0.05, 0) is 0 Å². The van der Waals surface area contributed by atoms with Crippen LogP contribution in [0, 0.1) is 0 Å². The number of phosphoric acid groups is 1. The van der Waals surface area contributed by atoms with Crippen LogP contribution in [0.2, 0.25) is 0 Å². The van der Waals surface area contributed by atoms with Gasteiger partial charge in [0, 0.05) is 14.2 Å². The molecule has 2 aromatic rings. The Morgan fingerprint density at radius 2 is 2.16 bits per heavy atom. The minimum Gasteiger partial charge on any atom is -0.382 e. The fraction of sp³-hybridized carbons (Fsp3) is 0.500. The van der Waals surface area contributed by atoms with Crippen LogP contribution in [0.15, 0.2) is 12.7 Å². The van der Waals surface area contributed by atoms with Crippen LogP contribution in [0.5, 0.6) is 0 Å². The van der Waals surface area contributed by atoms with E-state index in [1.165, 1.54) is 24.3 Å². The standard InChI is InChI=1S/C12H19N6O6P/c1-22-4-8(5-24-25(20,21)23-2)17-9(19)3-18-7-16-10-11(13)14-6-15-12(10)18/h6-8H,3-5H2,1-2H3,(H,17,19)(H,20,21)(H2,13,14,15)/t8-/m1/s1. The number of imidazole rings is 1. The molecule has 0 radical (unpaired) electrons. The molecule has 0 bridgehead atoms. The number of carbonyl (C=O) groups excluding carboxylic acids is 1. The second-order valence-corrected chi connectivity index (χ2v) is 6.53. The Morgan fingerprint density at radius 3 is 2.84 bits per heavy atom. The molecule has 0 aliphatic carbocycles. The lowest BCUT2D eigenvalue weighted by molar-refractivity contribution is -0.123. The number of fused-ring (bicyclic) bond motifs is 1. The summed E-state index contributed by atoms with van der Waals surface area (Å²) < 4.78 is 26.9. The maximum Gasteiger partial charge on any atom is 0.471 e. The minimum absolute atomic E-state index is 0.0786. The number of nitrogens with one attached hydrogen (secondary N) is 1. The number of nitrogens with zero attached hydrogens (tertiary/aromatic N) is 4. The first-order valence-electron chi connectivity index (χ1n) is 7.09. The highest BCUT2D eigenvalue weighted by Gasteiger charge is 2.22. The molecule has 0 aliphatic heterocycles. The van der Waals surface area contributed by atoms with Gasteiger partial charge in [-0.15, -0.1) is 0 Å². The van der Waals surface area contributed by atoms with Crippen LogP contribution in [0.25, 0.3) is 11.2 Å². The quantitative estimate of drug-likeness (QED) is 0.478. The van der Waals surface area contributed by atoms with Crippen molar-refractivity contribution in [3.63, 3.8) is 0 Å². The molecule has 0 fully saturated rings. The van der Waals surface area contributed by atoms with Crippen molar-refractivity contribution in [3.05, 3.63) is 12.7 Å². The summed E-state index contributed by atoms with van der Waals surface area (Å²) in [5, 5.41) is 2.63. The molecule has 4 N–H and O–H groups in total. The molecule has 0 aromatic carbocycles. The van der Waals surface area contributed by atoms with Gasteiger partial charge in [0.2, 0.25) is 5.91 Å². The Kier molecular flexibility index (Phi) is 6.39. The number of anilines is 1. The Morgan fingerprint density at radius 1 is 1.40 bits per heavy atom. The number of nitrogen functional groups attached to an aromatic ring is 1. The van der Waals surface area contributed by atoms with Crippen molar-refractivity contribution in [1.29, 1.82) is 0 Å². The summed E-state index contributed by atoms with van der Waals surface area (Å²) in [6.45, 7) is -0.273. The van der Waals surface area contributed by atoms with Gasteiger partial charge < -0.3 is 25.2 Å². The maximum absolute atomic E-state index is 12.2. The fourth-order valence-electron chi connectivity index (χ4n) is 2.01. The molecular formula is C12H19N6O6P. The van der Waals surface area contributed by atoms with Crippen LogP contribution in [0.1, 0.15) is 0 Å². The van der Waals surface area contributed by atoms with Crippen LogP contribution < -0.4 is 11.1 Å². The second-order valence-electron chi connectivity index (χ2n) is 4.97. The summed E-state index contributed by atoms with van der Waals surface area (Å²) in [4.78, 5) is 33.4. The van der Waals surface area contributed by atoms with E-state index in [2.05, 4.69) is 24.8 Å². The third-order valence-electron chi connectivity index (χ3n) is 3.15. The largest absolute Gasteiger partial charge is 0.471 e. The first-order chi connectivity index (χ1) is 11.9. The summed E-state index contributed by atoms with van der Waals surface area (Å²) in [5.74, 6) is -0.180. The molecule has 0 aliphatic rings. The zero-order chi connectivity index (χ0) is 18.4. The minimum atomic E-state index is -4.14. The van der Waals surface area contributed by atoms with E-state index in [0.717, 1.165) is 7.11 Å². The highest BCUT2D eigenvalue weighted by Crippen LogP contribution is 2.41. The van der Waals surface area contributed by atoms with Crippen molar-refractivity contribution in [2.75, 3.05) is 33.2 Å². The van der Waals surface area contributed by atoms with Gasteiger partial charge in [-0.3, -0.25) is 13.8 Å². The highest BCUT2D eigenvalue weighted by molar-refractivity contribution is 7.47. The van der Waals surface area contributed by atoms with Gasteiger partial charge in [-0.25, -0.2) is 19.5 Å². The van der Waals surface area contributed by atoms with Crippen LogP contribution in [-0.4, -0.2) is 63.8 Å². The molecule has 0 saturated heterocycles. The first kappa shape index (κ1) is 19.2. The average Bonchev–Trinajstić information content (AvgIpc) is 2.97. The molecule has 1 amide bonds. The number of methoxy groups -OCH3 is 1. The van der Waals surface area contributed by atoms with Crippen LogP contribution in [-0.2, 0) is 29.7 Å². The highest BCUT2D eigenvalue weighted by atomic mass is 31.2. The van der Waals surface area contributed by atoms with Crippen LogP contribution in [0.4, 0.5) is 5.82 Å². The van der Waals surface area contributed by atoms with Gasteiger partial charge in [-0.1, -0.05) is 0 Å². The summed E-state index contributed by atoms with van der Waals surface area (Å²) in [7, 11) is -1.67. The van der Waals surface area contributed by atoms with E-state index in [1.807, 2.05) is 0 Å². The average molecular weight is 374 g/mol. The number of carbonyl (C=O) groups is 1. The van der Waals surface area contributed by atoms with Crippen molar-refractivity contribution in [2.45, 2.75) is 12.6 Å². The van der Waals surface area contributed by atoms with Gasteiger partial charge in [0.15, 0.2) is 11.5 Å². The van der Waals surface area contributed by atoms with E-state index in [9.17, 15) is 14.3 Å². The van der Waals surface area contributed by atoms with E-state index in [-0.39, 0.29) is 25.6 Å². The Hall–Kier alpha value is -2.11. The molecule has 25 heavy (non-hydrogen) atoms. The third-order valence-corrected chi connectivity index (χ3v) is 4.08. The van der Waals surface area contributed by atoms with E-state index >= 15 is 0 Å². The van der Waals surface area contributed by atoms with E-state index in [4.69, 9.17) is 15.0 Å². The van der Waals surface area contributed by atoms with Crippen molar-refractivity contribution < 1.29 is 28.0 Å². The number of hydrogen-bond donors (Lipinski definition) is 3. The SMILES string of the molecule is COC[C@H](COP(=O)(O)OC)NC(=O)Cn1cnc2c(N)ncnc21. The van der Waals surface area contributed by atoms with Crippen molar-refractivity contribution in [2.24, 2.45) is 0 Å². The summed E-state index contributed by atoms with van der Waals surface area (Å²) in [5.41, 5.74) is 6.51. The van der Waals surface area contributed by atoms with E-state index in [1.54, 1.807) is 0 Å². The Labute approximate surface area is 142 Å². The van der Waals surface area contributed by atoms with Gasteiger partial charge in [0.25, 0.3) is 0 Å². The summed E-state index contributed by atoms with van der Waals surface area (Å²) in [6.07, 6.45) is 2.70. The number of aromatic nitrogens is 4. The first-order valence-corrected chi connectivity index (χ1v) is 8.58. The number of phosphoric ester groups is 1. The molecule has 138 valence electrons. The molecule has 12 nitrogen and oxygen atoms in total. The van der Waals surface area contributed by atoms with Crippen LogP contribution in [0.3, 0.4) is 0 Å². The smallest absolute Gasteiger partial charge is 0.382 e. The summed E-state index contributed by atoms with van der Waals surface area (Å²) >= 11 is 0. The third kappa shape index (κ3) is 5.18. The number of ether oxygens (including phenoxy) is 1. The van der Waals surface area contributed by atoms with Gasteiger partial charge in [0.1, 0.15) is 18.4 Å². The second kappa shape index (κ2) is 8.32. The lowest BCUT2D eigenvalue weighted by Gasteiger charge is -2.19. The molecule has 2 rings (SSSR count). The van der Waals surface area contributed by atoms with Crippen LogP contribution >= 0.6 is 7.82 Å². The lowest BCUT2D eigenvalue weighted by atomic mass is 10.3. The lowest BCUT2D eigenvalue weighted by Crippen LogP contribution is -2.42. The monoisotopic (exact) mass is 374 g/mol. The fourth-order valence-corrected chi connectivity index (χ4v) is 2.49. The number of rotatable bonds is 9. The molecule has 2 aromatic heterocycles. The van der Waals surface area contributed by atoms with Gasteiger partial charge in [-0.2, -0.15) is 0 Å². The van der Waals surface area contributed by atoms with E-state index < -0.39 is 19.8 Å². The van der Waals surface area contributed by atoms with Crippen molar-refractivity contribution in [3.8, 4) is 0 Å².